The average molecular weight is 418 g/mol. The molecule has 1 fully saturated rings. The molecule has 1 aromatic carbocycles. The number of carbonyl (C=O) groups excluding carboxylic acids is 1. The van der Waals surface area contributed by atoms with Crippen molar-refractivity contribution in [2.75, 3.05) is 37.6 Å². The molecule has 0 saturated carbocycles. The summed E-state index contributed by atoms with van der Waals surface area (Å²) in [5.41, 5.74) is 0.0546. The van der Waals surface area contributed by atoms with Crippen LogP contribution in [0.4, 0.5) is 9.39 Å². The minimum Gasteiger partial charge on any atom is -0.363 e. The van der Waals surface area contributed by atoms with Gasteiger partial charge in [0.05, 0.1) is 17.1 Å². The number of thiophene rings is 1. The Morgan fingerprint density at radius 3 is 2.69 bits per heavy atom. The molecule has 2 aromatic rings. The Kier molecular flexibility index (Phi) is 7.86. The number of guanidine groups is 1. The van der Waals surface area contributed by atoms with Crippen LogP contribution in [0.25, 0.3) is 0 Å². The Labute approximate surface area is 175 Å². The molecule has 0 atom stereocenters. The maximum atomic E-state index is 13.6. The number of halogens is 1. The van der Waals surface area contributed by atoms with E-state index in [0.717, 1.165) is 38.4 Å². The van der Waals surface area contributed by atoms with E-state index in [1.165, 1.54) is 17.1 Å². The van der Waals surface area contributed by atoms with Gasteiger partial charge < -0.3 is 20.9 Å². The molecule has 8 heteroatoms. The van der Waals surface area contributed by atoms with Gasteiger partial charge in [0.1, 0.15) is 5.82 Å². The first-order valence-electron chi connectivity index (χ1n) is 10.0. The van der Waals surface area contributed by atoms with Crippen LogP contribution < -0.4 is 20.9 Å². The lowest BCUT2D eigenvalue weighted by Crippen LogP contribution is -2.48. The quantitative estimate of drug-likeness (QED) is 0.368. The number of amides is 1. The van der Waals surface area contributed by atoms with E-state index < -0.39 is 11.7 Å². The second-order valence-electron chi connectivity index (χ2n) is 6.85. The topological polar surface area (TPSA) is 68.8 Å². The van der Waals surface area contributed by atoms with Crippen molar-refractivity contribution in [3.63, 3.8) is 0 Å². The molecule has 29 heavy (non-hydrogen) atoms. The van der Waals surface area contributed by atoms with Gasteiger partial charge in [-0.2, -0.15) is 0 Å². The smallest absolute Gasteiger partial charge is 0.254 e. The average Bonchev–Trinajstić information content (AvgIpc) is 3.27. The molecule has 0 aliphatic carbocycles. The van der Waals surface area contributed by atoms with Crippen molar-refractivity contribution in [1.29, 1.82) is 0 Å². The van der Waals surface area contributed by atoms with E-state index in [1.54, 1.807) is 23.5 Å². The molecule has 1 aromatic heterocycles. The molecule has 2 heterocycles. The van der Waals surface area contributed by atoms with Crippen LogP contribution in [0.5, 0.6) is 0 Å². The molecule has 1 amide bonds. The normalized spacial score (nSPS) is 15.2. The molecule has 0 spiro atoms. The zero-order chi connectivity index (χ0) is 20.5. The lowest BCUT2D eigenvalue weighted by molar-refractivity contribution is 0.0951. The maximum absolute atomic E-state index is 13.6. The van der Waals surface area contributed by atoms with Crippen LogP contribution in [-0.2, 0) is 0 Å². The van der Waals surface area contributed by atoms with Gasteiger partial charge >= 0.3 is 0 Å². The van der Waals surface area contributed by atoms with Gasteiger partial charge in [-0.1, -0.05) is 12.1 Å². The predicted octanol–water partition coefficient (Wildman–Crippen LogP) is 2.84. The molecule has 1 saturated heterocycles. The van der Waals surface area contributed by atoms with Crippen molar-refractivity contribution in [1.82, 2.24) is 16.0 Å². The molecular weight excluding hydrogens is 389 g/mol. The third-order valence-electron chi connectivity index (χ3n) is 4.78. The third-order valence-corrected chi connectivity index (χ3v) is 5.71. The van der Waals surface area contributed by atoms with E-state index in [4.69, 9.17) is 0 Å². The number of anilines is 1. The molecule has 3 rings (SSSR count). The fourth-order valence-electron chi connectivity index (χ4n) is 3.29. The highest BCUT2D eigenvalue weighted by Crippen LogP contribution is 2.24. The first-order valence-corrected chi connectivity index (χ1v) is 10.9. The number of hydrogen-bond donors (Lipinski definition) is 3. The zero-order valence-electron chi connectivity index (χ0n) is 16.7. The van der Waals surface area contributed by atoms with Gasteiger partial charge in [0.25, 0.3) is 5.91 Å². The van der Waals surface area contributed by atoms with Crippen LogP contribution in [0.15, 0.2) is 46.8 Å². The number of aliphatic imine (C=N–C) groups is 1. The minimum atomic E-state index is -0.516. The molecule has 0 bridgehead atoms. The van der Waals surface area contributed by atoms with Gasteiger partial charge in [0.15, 0.2) is 5.96 Å². The Morgan fingerprint density at radius 2 is 2.00 bits per heavy atom. The van der Waals surface area contributed by atoms with Crippen molar-refractivity contribution < 1.29 is 9.18 Å². The molecule has 3 N–H and O–H groups in total. The van der Waals surface area contributed by atoms with Gasteiger partial charge in [-0.3, -0.25) is 9.79 Å². The molecule has 0 unspecified atom stereocenters. The van der Waals surface area contributed by atoms with Crippen LogP contribution in [0.2, 0.25) is 0 Å². The minimum absolute atomic E-state index is 0.0546. The standard InChI is InChI=1S/C21H28FN5OS/c1-2-23-21(25-12-11-24-20(28)17-6-3-4-7-18(17)22)26-16-9-13-27(14-10-16)19-8-5-15-29-19/h3-8,15-16H,2,9-14H2,1H3,(H,24,28)(H2,23,25,26). The number of carbonyl (C=O) groups is 1. The van der Waals surface area contributed by atoms with Crippen LogP contribution in [0, 0.1) is 5.82 Å². The summed E-state index contributed by atoms with van der Waals surface area (Å²) < 4.78 is 13.6. The van der Waals surface area contributed by atoms with Crippen LogP contribution >= 0.6 is 11.3 Å². The van der Waals surface area contributed by atoms with E-state index >= 15 is 0 Å². The van der Waals surface area contributed by atoms with E-state index in [0.29, 0.717) is 19.1 Å². The molecule has 6 nitrogen and oxygen atoms in total. The number of nitrogens with zero attached hydrogens (tertiary/aromatic N) is 2. The third kappa shape index (κ3) is 6.19. The summed E-state index contributed by atoms with van der Waals surface area (Å²) in [6.45, 7) is 5.61. The van der Waals surface area contributed by atoms with Crippen molar-refractivity contribution in [2.24, 2.45) is 4.99 Å². The summed E-state index contributed by atoms with van der Waals surface area (Å²) in [6.07, 6.45) is 2.10. The number of piperidine rings is 1. The first-order chi connectivity index (χ1) is 14.2. The lowest BCUT2D eigenvalue weighted by atomic mass is 10.1. The summed E-state index contributed by atoms with van der Waals surface area (Å²) in [5, 5.41) is 12.9. The summed E-state index contributed by atoms with van der Waals surface area (Å²) in [4.78, 5) is 19.0. The molecule has 156 valence electrons. The van der Waals surface area contributed by atoms with Gasteiger partial charge in [0.2, 0.25) is 0 Å². The highest BCUT2D eigenvalue weighted by atomic mass is 32.1. The van der Waals surface area contributed by atoms with Gasteiger partial charge in [-0.25, -0.2) is 4.39 Å². The Morgan fingerprint density at radius 1 is 1.21 bits per heavy atom. The highest BCUT2D eigenvalue weighted by Gasteiger charge is 2.20. The van der Waals surface area contributed by atoms with Gasteiger partial charge in [-0.15, -0.1) is 11.3 Å². The molecule has 1 aliphatic heterocycles. The predicted molar refractivity (Wildman–Crippen MR) is 117 cm³/mol. The first kappa shape index (κ1) is 21.1. The van der Waals surface area contributed by atoms with Crippen LogP contribution in [0.1, 0.15) is 30.1 Å². The number of nitrogens with one attached hydrogen (secondary N) is 3. The Hall–Kier alpha value is -2.61. The largest absolute Gasteiger partial charge is 0.363 e. The summed E-state index contributed by atoms with van der Waals surface area (Å²) in [6, 6.07) is 10.6. The van der Waals surface area contributed by atoms with Gasteiger partial charge in [-0.05, 0) is 49.4 Å². The lowest BCUT2D eigenvalue weighted by Gasteiger charge is -2.33. The number of benzene rings is 1. The summed E-state index contributed by atoms with van der Waals surface area (Å²) in [7, 11) is 0. The SMILES string of the molecule is CCNC(=NCCNC(=O)c1ccccc1F)NC1CCN(c2cccs2)CC1. The summed E-state index contributed by atoms with van der Waals surface area (Å²) in [5.74, 6) is -0.183. The van der Waals surface area contributed by atoms with Crippen LogP contribution in [0.3, 0.4) is 0 Å². The zero-order valence-corrected chi connectivity index (χ0v) is 17.5. The second-order valence-corrected chi connectivity index (χ2v) is 7.78. The number of rotatable bonds is 7. The van der Waals surface area contributed by atoms with Crippen molar-refractivity contribution in [3.8, 4) is 0 Å². The monoisotopic (exact) mass is 417 g/mol. The summed E-state index contributed by atoms with van der Waals surface area (Å²) >= 11 is 1.78. The fraction of sp³-hybridized carbons (Fsp3) is 0.429. The fourth-order valence-corrected chi connectivity index (χ4v) is 4.07. The van der Waals surface area contributed by atoms with Crippen molar-refractivity contribution in [2.45, 2.75) is 25.8 Å². The van der Waals surface area contributed by atoms with E-state index in [9.17, 15) is 9.18 Å². The molecule has 1 aliphatic rings. The van der Waals surface area contributed by atoms with Crippen LogP contribution in [-0.4, -0.2) is 50.6 Å². The Balaban J connectivity index is 1.44. The van der Waals surface area contributed by atoms with Crippen molar-refractivity contribution >= 4 is 28.2 Å². The van der Waals surface area contributed by atoms with E-state index in [1.807, 2.05) is 6.92 Å². The molecular formula is C21H28FN5OS. The number of hydrogen-bond acceptors (Lipinski definition) is 4. The maximum Gasteiger partial charge on any atom is 0.254 e. The van der Waals surface area contributed by atoms with Gasteiger partial charge in [0, 0.05) is 32.2 Å². The Bertz CT molecular complexity index is 803. The molecule has 0 radical (unpaired) electrons. The van der Waals surface area contributed by atoms with E-state index in [-0.39, 0.29) is 5.56 Å². The van der Waals surface area contributed by atoms with E-state index in [2.05, 4.69) is 43.4 Å². The highest BCUT2D eigenvalue weighted by molar-refractivity contribution is 7.14. The second kappa shape index (κ2) is 10.8. The van der Waals surface area contributed by atoms with Crippen molar-refractivity contribution in [3.05, 3.63) is 53.2 Å².